The van der Waals surface area contributed by atoms with E-state index < -0.39 is 30.3 Å². The van der Waals surface area contributed by atoms with Gasteiger partial charge in [-0.15, -0.1) is 11.3 Å². The largest absolute Gasteiger partial charge is 0.494 e. The Morgan fingerprint density at radius 2 is 1.60 bits per heavy atom. The highest BCUT2D eigenvalue weighted by molar-refractivity contribution is 7.09. The van der Waals surface area contributed by atoms with E-state index in [0.717, 1.165) is 39.2 Å². The molecule has 6 rings (SSSR count). The molecule has 0 aliphatic carbocycles. The number of nitrogens with one attached hydrogen (secondary N) is 2. The molecule has 4 aromatic rings. The number of thiazole rings is 1. The van der Waals surface area contributed by atoms with E-state index in [1.807, 2.05) is 36.6 Å². The average molecular weight is 657 g/mol. The molecule has 47 heavy (non-hydrogen) atoms. The lowest BCUT2D eigenvalue weighted by molar-refractivity contribution is -0.0413. The van der Waals surface area contributed by atoms with Crippen molar-refractivity contribution in [3.8, 4) is 11.5 Å². The summed E-state index contributed by atoms with van der Waals surface area (Å²) in [6.07, 6.45) is -0.647. The van der Waals surface area contributed by atoms with Gasteiger partial charge in [0.2, 0.25) is 0 Å². The van der Waals surface area contributed by atoms with Crippen molar-refractivity contribution in [3.63, 3.8) is 0 Å². The van der Waals surface area contributed by atoms with Gasteiger partial charge in [0.05, 0.1) is 34.5 Å². The first-order valence-corrected chi connectivity index (χ1v) is 16.7. The van der Waals surface area contributed by atoms with Gasteiger partial charge in [-0.2, -0.15) is 0 Å². The number of aryl methyl sites for hydroxylation is 1. The van der Waals surface area contributed by atoms with Crippen LogP contribution in [-0.2, 0) is 12.0 Å². The second-order valence-corrected chi connectivity index (χ2v) is 13.5. The number of aromatic nitrogens is 1. The normalized spacial score (nSPS) is 19.5. The number of aliphatic hydroxyl groups is 2. The van der Waals surface area contributed by atoms with Crippen LogP contribution in [0.4, 0.5) is 5.69 Å². The molecule has 1 saturated heterocycles. The molecule has 3 unspecified atom stereocenters. The Morgan fingerprint density at radius 1 is 0.936 bits per heavy atom. The van der Waals surface area contributed by atoms with Crippen molar-refractivity contribution in [1.29, 1.82) is 0 Å². The van der Waals surface area contributed by atoms with E-state index in [1.54, 1.807) is 29.5 Å². The number of piperidine rings is 1. The summed E-state index contributed by atoms with van der Waals surface area (Å²) in [5.41, 5.74) is 4.45. The molecule has 246 valence electrons. The Bertz CT molecular complexity index is 1720. The number of fused-ring (bicyclic) bond motifs is 1. The molecule has 10 nitrogen and oxygen atoms in total. The second-order valence-electron chi connectivity index (χ2n) is 12.5. The smallest absolute Gasteiger partial charge is 0.262 e. The van der Waals surface area contributed by atoms with Gasteiger partial charge in [-0.3, -0.25) is 19.8 Å². The molecular formula is C36H40N4O6S. The molecular weight excluding hydrogens is 616 g/mol. The minimum absolute atomic E-state index is 0.207. The van der Waals surface area contributed by atoms with Crippen molar-refractivity contribution >= 4 is 28.8 Å². The van der Waals surface area contributed by atoms with Crippen LogP contribution in [0.2, 0.25) is 0 Å². The second kappa shape index (κ2) is 13.8. The van der Waals surface area contributed by atoms with Crippen molar-refractivity contribution in [2.45, 2.75) is 70.6 Å². The molecule has 1 fully saturated rings. The maximum absolute atomic E-state index is 13.1. The highest BCUT2D eigenvalue weighted by Gasteiger charge is 2.44. The topological polar surface area (TPSA) is 133 Å². The van der Waals surface area contributed by atoms with E-state index in [4.69, 9.17) is 9.47 Å². The van der Waals surface area contributed by atoms with Crippen LogP contribution in [0, 0.1) is 6.92 Å². The number of rotatable bonds is 12. The molecule has 0 bridgehead atoms. The number of anilines is 1. The molecule has 1 aromatic heterocycles. The van der Waals surface area contributed by atoms with Crippen molar-refractivity contribution in [2.75, 3.05) is 18.5 Å². The van der Waals surface area contributed by atoms with Crippen LogP contribution in [0.25, 0.3) is 0 Å². The highest BCUT2D eigenvalue weighted by Crippen LogP contribution is 2.34. The Morgan fingerprint density at radius 3 is 2.23 bits per heavy atom. The molecule has 11 heteroatoms. The van der Waals surface area contributed by atoms with E-state index in [0.29, 0.717) is 43.7 Å². The van der Waals surface area contributed by atoms with E-state index in [-0.39, 0.29) is 5.41 Å². The fraction of sp³-hybridized carbons (Fsp3) is 0.361. The number of hydrogen-bond acceptors (Lipinski definition) is 10. The van der Waals surface area contributed by atoms with Crippen molar-refractivity contribution < 1.29 is 29.3 Å². The van der Waals surface area contributed by atoms with Gasteiger partial charge < -0.3 is 25.0 Å². The van der Waals surface area contributed by atoms with Crippen molar-refractivity contribution in [2.24, 2.45) is 0 Å². The predicted octanol–water partition coefficient (Wildman–Crippen LogP) is 5.22. The highest BCUT2D eigenvalue weighted by atomic mass is 32.1. The number of carbonyl (C=O) groups is 2. The lowest BCUT2D eigenvalue weighted by Crippen LogP contribution is -2.58. The van der Waals surface area contributed by atoms with Gasteiger partial charge in [-0.1, -0.05) is 38.1 Å². The molecule has 0 spiro atoms. The monoisotopic (exact) mass is 656 g/mol. The van der Waals surface area contributed by atoms with Crippen molar-refractivity contribution in [3.05, 3.63) is 105 Å². The first kappa shape index (κ1) is 32.6. The summed E-state index contributed by atoms with van der Waals surface area (Å²) >= 11 is 1.62. The van der Waals surface area contributed by atoms with Crippen LogP contribution in [0.1, 0.15) is 75.7 Å². The van der Waals surface area contributed by atoms with Crippen LogP contribution < -0.4 is 20.1 Å². The van der Waals surface area contributed by atoms with Gasteiger partial charge in [0.25, 0.3) is 11.8 Å². The van der Waals surface area contributed by atoms with Crippen LogP contribution in [0.5, 0.6) is 11.5 Å². The summed E-state index contributed by atoms with van der Waals surface area (Å²) in [6, 6.07) is 20.8. The number of imide groups is 1. The summed E-state index contributed by atoms with van der Waals surface area (Å²) in [4.78, 5) is 31.6. The van der Waals surface area contributed by atoms with Crippen LogP contribution in [-0.4, -0.2) is 63.6 Å². The van der Waals surface area contributed by atoms with E-state index >= 15 is 0 Å². The number of hydrogen-bond donors (Lipinski definition) is 4. The third-order valence-electron chi connectivity index (χ3n) is 8.84. The van der Waals surface area contributed by atoms with Crippen LogP contribution in [0.15, 0.2) is 72.1 Å². The molecule has 3 heterocycles. The fourth-order valence-corrected chi connectivity index (χ4v) is 6.65. The molecule has 4 N–H and O–H groups in total. The molecule has 2 aliphatic rings. The summed E-state index contributed by atoms with van der Waals surface area (Å²) in [5.74, 6) is 0.742. The quantitative estimate of drug-likeness (QED) is 0.120. The fourth-order valence-electron chi connectivity index (χ4n) is 6.05. The summed E-state index contributed by atoms with van der Waals surface area (Å²) in [5, 5.41) is 29.0. The number of carbonyl (C=O) groups excluding carboxylic acids is 2. The van der Waals surface area contributed by atoms with Crippen molar-refractivity contribution in [1.82, 2.24) is 15.2 Å². The third kappa shape index (κ3) is 7.18. The maximum Gasteiger partial charge on any atom is 0.262 e. The molecule has 0 radical (unpaired) electrons. The Hall–Kier alpha value is -4.29. The number of benzene rings is 3. The van der Waals surface area contributed by atoms with Gasteiger partial charge in [0.1, 0.15) is 30.6 Å². The molecule has 2 amide bonds. The van der Waals surface area contributed by atoms with Gasteiger partial charge in [-0.05, 0) is 79.8 Å². The molecule has 3 atom stereocenters. The number of ether oxygens (including phenoxy) is 2. The molecule has 0 saturated carbocycles. The van der Waals surface area contributed by atoms with E-state index in [9.17, 15) is 19.8 Å². The first-order valence-electron chi connectivity index (χ1n) is 15.9. The lowest BCUT2D eigenvalue weighted by Gasteiger charge is -2.36. The van der Waals surface area contributed by atoms with E-state index in [1.165, 1.54) is 11.1 Å². The van der Waals surface area contributed by atoms with Gasteiger partial charge in [-0.25, -0.2) is 4.98 Å². The first-order chi connectivity index (χ1) is 22.6. The Labute approximate surface area is 278 Å². The maximum atomic E-state index is 13.1. The lowest BCUT2D eigenvalue weighted by atomic mass is 9.78. The summed E-state index contributed by atoms with van der Waals surface area (Å²) in [7, 11) is 0. The van der Waals surface area contributed by atoms with E-state index in [2.05, 4.69) is 53.7 Å². The van der Waals surface area contributed by atoms with Gasteiger partial charge in [0.15, 0.2) is 0 Å². The summed E-state index contributed by atoms with van der Waals surface area (Å²) in [6.45, 7) is 7.96. The molecule has 3 aromatic carbocycles. The average Bonchev–Trinajstić information content (AvgIpc) is 3.59. The zero-order valence-corrected chi connectivity index (χ0v) is 27.5. The zero-order valence-electron chi connectivity index (χ0n) is 26.7. The number of nitrogens with zero attached hydrogens (tertiary/aromatic N) is 2. The minimum atomic E-state index is -1.18. The molecule has 2 aliphatic heterocycles. The number of aliphatic hydroxyl groups excluding tert-OH is 2. The predicted molar refractivity (Wildman–Crippen MR) is 180 cm³/mol. The Balaban J connectivity index is 0.963. The van der Waals surface area contributed by atoms with Gasteiger partial charge >= 0.3 is 0 Å². The number of amides is 2. The van der Waals surface area contributed by atoms with Crippen LogP contribution >= 0.6 is 11.3 Å². The summed E-state index contributed by atoms with van der Waals surface area (Å²) < 4.78 is 11.9. The Kier molecular flexibility index (Phi) is 9.60. The SMILES string of the molecule is Cc1nc(COc2ccc(C(C)(C)c3ccc(OCCCNc4ccc5c(c4)C(=O)N(C4CCC(O)NC4O)C5=O)cc3)cc2)cs1. The minimum Gasteiger partial charge on any atom is -0.494 e. The van der Waals surface area contributed by atoms with Crippen LogP contribution in [0.3, 0.4) is 0 Å². The zero-order chi connectivity index (χ0) is 33.1. The van der Waals surface area contributed by atoms with Gasteiger partial charge in [0, 0.05) is 23.0 Å². The third-order valence-corrected chi connectivity index (χ3v) is 9.66. The standard InChI is InChI=1S/C36H40N4O6S/c1-22-38-26(21-47-22)20-46-28-12-7-24(8-13-28)36(2,3)23-5-10-27(11-6-23)45-18-4-17-37-25-9-14-29-30(19-25)35(44)40(34(29)43)31-15-16-32(41)39-33(31)42/h5-14,19,21,31-33,37,39,41-42H,4,15-18,20H2,1-3H3.